The molecule has 0 radical (unpaired) electrons. The predicted molar refractivity (Wildman–Crippen MR) is 108 cm³/mol. The molecule has 1 aromatic rings. The van der Waals surface area contributed by atoms with E-state index in [1.54, 1.807) is 7.11 Å². The second-order valence-electron chi connectivity index (χ2n) is 5.85. The maximum atomic E-state index is 5.40. The van der Waals surface area contributed by atoms with E-state index in [9.17, 15) is 0 Å². The first-order valence-electron chi connectivity index (χ1n) is 8.99. The summed E-state index contributed by atoms with van der Waals surface area (Å²) in [6.07, 6.45) is 2.16. The lowest BCUT2D eigenvalue weighted by atomic mass is 10.2. The molecule has 1 rings (SSSR count). The number of thioether (sulfide) groups is 1. The highest BCUT2D eigenvalue weighted by Crippen LogP contribution is 2.29. The summed E-state index contributed by atoms with van der Waals surface area (Å²) in [5.74, 6) is 3.35. The third-order valence-electron chi connectivity index (χ3n) is 3.65. The normalized spacial score (nSPS) is 12.7. The van der Waals surface area contributed by atoms with E-state index in [2.05, 4.69) is 28.6 Å². The van der Waals surface area contributed by atoms with Crippen LogP contribution in [0, 0.1) is 5.92 Å². The Kier molecular flexibility index (Phi) is 12.0. The summed E-state index contributed by atoms with van der Waals surface area (Å²) in [4.78, 5) is 5.46. The Morgan fingerprint density at radius 1 is 1.24 bits per heavy atom. The van der Waals surface area contributed by atoms with E-state index in [0.717, 1.165) is 56.6 Å². The van der Waals surface area contributed by atoms with Gasteiger partial charge in [0, 0.05) is 44.0 Å². The Morgan fingerprint density at radius 2 is 2.04 bits per heavy atom. The summed E-state index contributed by atoms with van der Waals surface area (Å²) in [6.45, 7) is 7.70. The van der Waals surface area contributed by atoms with E-state index in [0.29, 0.717) is 5.92 Å². The number of guanidine groups is 1. The minimum Gasteiger partial charge on any atom is -0.496 e. The summed E-state index contributed by atoms with van der Waals surface area (Å²) in [5, 5.41) is 6.75. The molecule has 1 atom stereocenters. The molecule has 0 saturated heterocycles. The lowest BCUT2D eigenvalue weighted by molar-refractivity contribution is 0.143. The smallest absolute Gasteiger partial charge is 0.190 e. The first-order valence-corrected chi connectivity index (χ1v) is 9.97. The lowest BCUT2D eigenvalue weighted by Crippen LogP contribution is -2.40. The molecule has 0 aliphatic carbocycles. The van der Waals surface area contributed by atoms with Gasteiger partial charge in [-0.3, -0.25) is 4.99 Å². The van der Waals surface area contributed by atoms with Crippen LogP contribution in [-0.4, -0.2) is 52.2 Å². The van der Waals surface area contributed by atoms with Crippen molar-refractivity contribution in [1.82, 2.24) is 10.6 Å². The molecular formula is C19H33N3O2S. The number of rotatable bonds is 12. The molecule has 1 unspecified atom stereocenters. The number of unbranched alkanes of at least 4 members (excludes halogenated alkanes) is 1. The second kappa shape index (κ2) is 13.8. The average molecular weight is 368 g/mol. The number of benzene rings is 1. The minimum atomic E-state index is 0.520. The van der Waals surface area contributed by atoms with E-state index < -0.39 is 0 Å². The molecule has 0 aliphatic heterocycles. The van der Waals surface area contributed by atoms with E-state index in [1.807, 2.05) is 43.9 Å². The van der Waals surface area contributed by atoms with Crippen molar-refractivity contribution in [3.05, 3.63) is 24.3 Å². The number of para-hydroxylation sites is 1. The summed E-state index contributed by atoms with van der Waals surface area (Å²) in [6, 6.07) is 8.15. The number of nitrogens with zero attached hydrogens (tertiary/aromatic N) is 1. The average Bonchev–Trinajstić information content (AvgIpc) is 2.65. The first kappa shape index (κ1) is 21.6. The summed E-state index contributed by atoms with van der Waals surface area (Å²) in [5.41, 5.74) is 0. The van der Waals surface area contributed by atoms with Crippen LogP contribution in [0.5, 0.6) is 5.75 Å². The van der Waals surface area contributed by atoms with Crippen LogP contribution in [0.15, 0.2) is 34.2 Å². The van der Waals surface area contributed by atoms with Crippen molar-refractivity contribution in [2.45, 2.75) is 31.6 Å². The van der Waals surface area contributed by atoms with E-state index in [-0.39, 0.29) is 0 Å². The molecule has 142 valence electrons. The maximum Gasteiger partial charge on any atom is 0.190 e. The van der Waals surface area contributed by atoms with Gasteiger partial charge in [-0.1, -0.05) is 19.1 Å². The van der Waals surface area contributed by atoms with Crippen molar-refractivity contribution in [1.29, 1.82) is 0 Å². The Labute approximate surface area is 157 Å². The fourth-order valence-corrected chi connectivity index (χ4v) is 3.25. The van der Waals surface area contributed by atoms with Crippen LogP contribution >= 0.6 is 11.8 Å². The number of methoxy groups -OCH3 is 1. The highest BCUT2D eigenvalue weighted by Gasteiger charge is 2.07. The molecule has 5 nitrogen and oxygen atoms in total. The van der Waals surface area contributed by atoms with Crippen molar-refractivity contribution in [2.75, 3.05) is 46.2 Å². The zero-order chi connectivity index (χ0) is 18.3. The molecule has 1 aromatic carbocycles. The quantitative estimate of drug-likeness (QED) is 0.257. The third-order valence-corrected chi connectivity index (χ3v) is 5.03. The summed E-state index contributed by atoms with van der Waals surface area (Å²) < 4.78 is 10.7. The topological polar surface area (TPSA) is 54.9 Å². The van der Waals surface area contributed by atoms with Crippen LogP contribution in [0.3, 0.4) is 0 Å². The maximum absolute atomic E-state index is 5.40. The number of hydrogen-bond donors (Lipinski definition) is 2. The van der Waals surface area contributed by atoms with Crippen molar-refractivity contribution < 1.29 is 9.47 Å². The standard InChI is InChI=1S/C19H33N3O2S/c1-5-24-13-9-8-12-21-19(20-3)22-14-16(2)15-25-18-11-7-6-10-17(18)23-4/h6-7,10-11,16H,5,8-9,12-15H2,1-4H3,(H2,20,21,22). The Bertz CT molecular complexity index is 497. The van der Waals surface area contributed by atoms with Gasteiger partial charge >= 0.3 is 0 Å². The van der Waals surface area contributed by atoms with E-state index in [4.69, 9.17) is 9.47 Å². The van der Waals surface area contributed by atoms with Crippen LogP contribution in [-0.2, 0) is 4.74 Å². The van der Waals surface area contributed by atoms with Crippen molar-refractivity contribution in [3.8, 4) is 5.75 Å². The zero-order valence-corrected chi connectivity index (χ0v) is 16.8. The molecule has 2 N–H and O–H groups in total. The number of ether oxygens (including phenoxy) is 2. The van der Waals surface area contributed by atoms with Crippen LogP contribution in [0.4, 0.5) is 0 Å². The van der Waals surface area contributed by atoms with Gasteiger partial charge in [0.1, 0.15) is 5.75 Å². The number of hydrogen-bond acceptors (Lipinski definition) is 4. The van der Waals surface area contributed by atoms with Crippen LogP contribution < -0.4 is 15.4 Å². The molecule has 0 bridgehead atoms. The van der Waals surface area contributed by atoms with Crippen molar-refractivity contribution >= 4 is 17.7 Å². The fraction of sp³-hybridized carbons (Fsp3) is 0.632. The monoisotopic (exact) mass is 367 g/mol. The second-order valence-corrected chi connectivity index (χ2v) is 6.91. The van der Waals surface area contributed by atoms with Crippen molar-refractivity contribution in [2.24, 2.45) is 10.9 Å². The molecule has 0 spiro atoms. The molecule has 0 aromatic heterocycles. The molecule has 25 heavy (non-hydrogen) atoms. The molecular weight excluding hydrogens is 334 g/mol. The summed E-state index contributed by atoms with van der Waals surface area (Å²) in [7, 11) is 3.53. The molecule has 0 amide bonds. The Hall–Kier alpha value is -1.40. The SMILES string of the molecule is CCOCCCCNC(=NC)NCC(C)CSc1ccccc1OC. The van der Waals surface area contributed by atoms with Gasteiger partial charge in [0.25, 0.3) is 0 Å². The van der Waals surface area contributed by atoms with Gasteiger partial charge in [0.15, 0.2) is 5.96 Å². The highest BCUT2D eigenvalue weighted by molar-refractivity contribution is 7.99. The van der Waals surface area contributed by atoms with Gasteiger partial charge in [0.05, 0.1) is 7.11 Å². The van der Waals surface area contributed by atoms with Crippen LogP contribution in [0.25, 0.3) is 0 Å². The van der Waals surface area contributed by atoms with Gasteiger partial charge in [-0.2, -0.15) is 0 Å². The highest BCUT2D eigenvalue weighted by atomic mass is 32.2. The molecule has 0 aliphatic rings. The zero-order valence-electron chi connectivity index (χ0n) is 16.0. The van der Waals surface area contributed by atoms with Crippen molar-refractivity contribution in [3.63, 3.8) is 0 Å². The van der Waals surface area contributed by atoms with Gasteiger partial charge in [-0.05, 0) is 37.8 Å². The molecule has 0 fully saturated rings. The van der Waals surface area contributed by atoms with E-state index >= 15 is 0 Å². The van der Waals surface area contributed by atoms with Gasteiger partial charge in [0.2, 0.25) is 0 Å². The first-order chi connectivity index (χ1) is 12.2. The largest absolute Gasteiger partial charge is 0.496 e. The predicted octanol–water partition coefficient (Wildman–Crippen LogP) is 3.41. The number of nitrogens with one attached hydrogen (secondary N) is 2. The van der Waals surface area contributed by atoms with Gasteiger partial charge in [-0.15, -0.1) is 11.8 Å². The Balaban J connectivity index is 2.21. The third kappa shape index (κ3) is 9.60. The minimum absolute atomic E-state index is 0.520. The van der Waals surface area contributed by atoms with Crippen LogP contribution in [0.1, 0.15) is 26.7 Å². The van der Waals surface area contributed by atoms with E-state index in [1.165, 1.54) is 4.90 Å². The molecule has 6 heteroatoms. The Morgan fingerprint density at radius 3 is 2.76 bits per heavy atom. The van der Waals surface area contributed by atoms with Gasteiger partial charge < -0.3 is 20.1 Å². The molecule has 0 saturated carbocycles. The lowest BCUT2D eigenvalue weighted by Gasteiger charge is -2.16. The molecule has 0 heterocycles. The van der Waals surface area contributed by atoms with Gasteiger partial charge in [-0.25, -0.2) is 0 Å². The summed E-state index contributed by atoms with van der Waals surface area (Å²) >= 11 is 1.83. The number of aliphatic imine (C=N–C) groups is 1. The van der Waals surface area contributed by atoms with Crippen LogP contribution in [0.2, 0.25) is 0 Å². The fourth-order valence-electron chi connectivity index (χ4n) is 2.20.